The number of carbonyl (C=O) groups excluding carboxylic acids is 1. The van der Waals surface area contributed by atoms with Crippen LogP contribution in [0.25, 0.3) is 0 Å². The number of aryl methyl sites for hydroxylation is 1. The van der Waals surface area contributed by atoms with Gasteiger partial charge in [-0.25, -0.2) is 0 Å². The summed E-state index contributed by atoms with van der Waals surface area (Å²) in [6.45, 7) is 4.87. The molecule has 1 amide bonds. The highest BCUT2D eigenvalue weighted by molar-refractivity contribution is 5.76. The van der Waals surface area contributed by atoms with Crippen LogP contribution in [0.5, 0.6) is 0 Å². The molecule has 0 saturated carbocycles. The maximum Gasteiger partial charge on any atom is 0.251 e. The molecule has 2 saturated heterocycles. The number of carbonyl (C=O) groups is 1. The summed E-state index contributed by atoms with van der Waals surface area (Å²) in [4.78, 5) is 26.2. The molecule has 0 unspecified atom stereocenters. The molecule has 25 heavy (non-hydrogen) atoms. The van der Waals surface area contributed by atoms with Gasteiger partial charge in [-0.3, -0.25) is 9.59 Å². The molecule has 1 atom stereocenters. The Labute approximate surface area is 148 Å². The summed E-state index contributed by atoms with van der Waals surface area (Å²) in [7, 11) is 0. The first kappa shape index (κ1) is 18.1. The summed E-state index contributed by atoms with van der Waals surface area (Å²) in [6.07, 6.45) is 7.29. The molecule has 0 bridgehead atoms. The van der Waals surface area contributed by atoms with E-state index in [0.717, 1.165) is 37.9 Å². The van der Waals surface area contributed by atoms with E-state index in [0.29, 0.717) is 19.7 Å². The van der Waals surface area contributed by atoms with E-state index in [-0.39, 0.29) is 30.2 Å². The number of rotatable bonds is 5. The number of amides is 1. The van der Waals surface area contributed by atoms with E-state index in [1.165, 1.54) is 11.0 Å². The second-order valence-corrected chi connectivity index (χ2v) is 7.07. The van der Waals surface area contributed by atoms with E-state index in [1.807, 2.05) is 17.9 Å². The molecule has 1 aromatic heterocycles. The van der Waals surface area contributed by atoms with Crippen molar-refractivity contribution < 1.29 is 14.3 Å². The molecular weight excluding hydrogens is 320 g/mol. The van der Waals surface area contributed by atoms with Gasteiger partial charge in [0.25, 0.3) is 5.56 Å². The van der Waals surface area contributed by atoms with Gasteiger partial charge >= 0.3 is 0 Å². The van der Waals surface area contributed by atoms with Gasteiger partial charge in [0.1, 0.15) is 6.54 Å². The third-order valence-corrected chi connectivity index (χ3v) is 5.04. The molecule has 6 heteroatoms. The molecule has 2 aliphatic rings. The Morgan fingerprint density at radius 1 is 1.28 bits per heavy atom. The van der Waals surface area contributed by atoms with Gasteiger partial charge in [-0.05, 0) is 50.7 Å². The number of piperidine rings is 1. The summed E-state index contributed by atoms with van der Waals surface area (Å²) in [6, 6.07) is 3.41. The summed E-state index contributed by atoms with van der Waals surface area (Å²) < 4.78 is 13.1. The number of likely N-dealkylation sites (tertiary alicyclic amines) is 1. The van der Waals surface area contributed by atoms with Crippen LogP contribution in [0.15, 0.2) is 23.1 Å². The van der Waals surface area contributed by atoms with Crippen molar-refractivity contribution in [3.63, 3.8) is 0 Å². The van der Waals surface area contributed by atoms with E-state index in [1.54, 1.807) is 12.3 Å². The fourth-order valence-electron chi connectivity index (χ4n) is 3.44. The van der Waals surface area contributed by atoms with Crippen molar-refractivity contribution in [2.75, 3.05) is 26.3 Å². The standard InChI is InChI=1S/C19H28N2O4/c1-15-5-8-21(18(22)12-15)13-19(23)20-9-6-16(7-10-20)25-14-17-4-2-3-11-24-17/h5,8,12,16-17H,2-4,6-7,9-11,13-14H2,1H3/t17-/m0/s1. The third kappa shape index (κ3) is 5.16. The van der Waals surface area contributed by atoms with Crippen molar-refractivity contribution in [1.29, 1.82) is 0 Å². The molecule has 0 N–H and O–H groups in total. The molecule has 6 nitrogen and oxygen atoms in total. The van der Waals surface area contributed by atoms with Crippen LogP contribution < -0.4 is 5.56 Å². The minimum atomic E-state index is -0.126. The Kier molecular flexibility index (Phi) is 6.26. The van der Waals surface area contributed by atoms with E-state index in [4.69, 9.17) is 9.47 Å². The summed E-state index contributed by atoms with van der Waals surface area (Å²) in [5.41, 5.74) is 0.785. The Balaban J connectivity index is 1.42. The Hall–Kier alpha value is -1.66. The van der Waals surface area contributed by atoms with Gasteiger partial charge in [-0.2, -0.15) is 0 Å². The van der Waals surface area contributed by atoms with Crippen LogP contribution >= 0.6 is 0 Å². The highest BCUT2D eigenvalue weighted by Crippen LogP contribution is 2.18. The molecule has 0 aliphatic carbocycles. The topological polar surface area (TPSA) is 60.8 Å². The van der Waals surface area contributed by atoms with Crippen LogP contribution in [0.1, 0.15) is 37.7 Å². The van der Waals surface area contributed by atoms with Gasteiger partial charge in [0.05, 0.1) is 18.8 Å². The lowest BCUT2D eigenvalue weighted by Gasteiger charge is -2.33. The largest absolute Gasteiger partial charge is 0.376 e. The number of hydrogen-bond donors (Lipinski definition) is 0. The number of pyridine rings is 1. The van der Waals surface area contributed by atoms with Crippen LogP contribution in [0.4, 0.5) is 0 Å². The predicted octanol–water partition coefficient (Wildman–Crippen LogP) is 1.73. The normalized spacial score (nSPS) is 22.1. The molecular formula is C19H28N2O4. The molecule has 138 valence electrons. The van der Waals surface area contributed by atoms with Crippen LogP contribution in [0.2, 0.25) is 0 Å². The molecule has 3 rings (SSSR count). The molecule has 0 radical (unpaired) electrons. The fourth-order valence-corrected chi connectivity index (χ4v) is 3.44. The Bertz CT molecular complexity index is 629. The summed E-state index contributed by atoms with van der Waals surface area (Å²) in [5, 5.41) is 0. The first-order chi connectivity index (χ1) is 12.1. The highest BCUT2D eigenvalue weighted by Gasteiger charge is 2.24. The molecule has 2 aliphatic heterocycles. The Morgan fingerprint density at radius 3 is 2.76 bits per heavy atom. The van der Waals surface area contributed by atoms with Crippen LogP contribution in [-0.4, -0.2) is 53.9 Å². The van der Waals surface area contributed by atoms with Crippen LogP contribution in [0, 0.1) is 6.92 Å². The minimum absolute atomic E-state index is 0.0000157. The van der Waals surface area contributed by atoms with Gasteiger partial charge < -0.3 is 18.9 Å². The number of aromatic nitrogens is 1. The predicted molar refractivity (Wildman–Crippen MR) is 94.6 cm³/mol. The van der Waals surface area contributed by atoms with Crippen molar-refractivity contribution in [1.82, 2.24) is 9.47 Å². The van der Waals surface area contributed by atoms with E-state index in [2.05, 4.69) is 0 Å². The van der Waals surface area contributed by atoms with Gasteiger partial charge in [0.15, 0.2) is 0 Å². The van der Waals surface area contributed by atoms with Gasteiger partial charge in [-0.1, -0.05) is 0 Å². The van der Waals surface area contributed by atoms with Gasteiger partial charge in [0, 0.05) is 32.0 Å². The zero-order valence-corrected chi connectivity index (χ0v) is 15.0. The lowest BCUT2D eigenvalue weighted by atomic mass is 10.1. The third-order valence-electron chi connectivity index (χ3n) is 5.04. The lowest BCUT2D eigenvalue weighted by molar-refractivity contribution is -0.135. The van der Waals surface area contributed by atoms with E-state index in [9.17, 15) is 9.59 Å². The maximum absolute atomic E-state index is 12.4. The lowest BCUT2D eigenvalue weighted by Crippen LogP contribution is -2.43. The second kappa shape index (κ2) is 8.63. The first-order valence-electron chi connectivity index (χ1n) is 9.30. The van der Waals surface area contributed by atoms with Crippen molar-refractivity contribution in [2.45, 2.75) is 57.8 Å². The monoisotopic (exact) mass is 348 g/mol. The van der Waals surface area contributed by atoms with E-state index >= 15 is 0 Å². The molecule has 0 spiro atoms. The average Bonchev–Trinajstić information content (AvgIpc) is 2.63. The van der Waals surface area contributed by atoms with Crippen molar-refractivity contribution in [3.8, 4) is 0 Å². The zero-order valence-electron chi connectivity index (χ0n) is 15.0. The molecule has 1 aromatic rings. The van der Waals surface area contributed by atoms with Crippen molar-refractivity contribution in [2.24, 2.45) is 0 Å². The quantitative estimate of drug-likeness (QED) is 0.813. The molecule has 3 heterocycles. The number of hydrogen-bond acceptors (Lipinski definition) is 4. The fraction of sp³-hybridized carbons (Fsp3) is 0.684. The Morgan fingerprint density at radius 2 is 2.08 bits per heavy atom. The zero-order chi connectivity index (χ0) is 17.6. The number of ether oxygens (including phenoxy) is 2. The minimum Gasteiger partial charge on any atom is -0.376 e. The SMILES string of the molecule is Cc1ccn(CC(=O)N2CCC(OC[C@@H]3CCCCO3)CC2)c(=O)c1. The highest BCUT2D eigenvalue weighted by atomic mass is 16.5. The smallest absolute Gasteiger partial charge is 0.251 e. The molecule has 0 aromatic carbocycles. The number of nitrogens with zero attached hydrogens (tertiary/aromatic N) is 2. The van der Waals surface area contributed by atoms with Crippen LogP contribution in [0.3, 0.4) is 0 Å². The average molecular weight is 348 g/mol. The second-order valence-electron chi connectivity index (χ2n) is 7.07. The van der Waals surface area contributed by atoms with Crippen molar-refractivity contribution >= 4 is 5.91 Å². The summed E-state index contributed by atoms with van der Waals surface area (Å²) >= 11 is 0. The van der Waals surface area contributed by atoms with Gasteiger partial charge in [-0.15, -0.1) is 0 Å². The first-order valence-corrected chi connectivity index (χ1v) is 9.30. The van der Waals surface area contributed by atoms with Crippen molar-refractivity contribution in [3.05, 3.63) is 34.2 Å². The van der Waals surface area contributed by atoms with E-state index < -0.39 is 0 Å². The molecule has 2 fully saturated rings. The summed E-state index contributed by atoms with van der Waals surface area (Å²) in [5.74, 6) is 0.0000157. The van der Waals surface area contributed by atoms with Crippen LogP contribution in [-0.2, 0) is 20.8 Å². The van der Waals surface area contributed by atoms with Gasteiger partial charge in [0.2, 0.25) is 5.91 Å². The maximum atomic E-state index is 12.4.